The van der Waals surface area contributed by atoms with Crippen molar-refractivity contribution in [3.8, 4) is 11.5 Å². The summed E-state index contributed by atoms with van der Waals surface area (Å²) in [5.74, 6) is 0.0749. The molecule has 0 spiro atoms. The summed E-state index contributed by atoms with van der Waals surface area (Å²) in [7, 11) is 0. The van der Waals surface area contributed by atoms with Crippen molar-refractivity contribution in [3.63, 3.8) is 0 Å². The molecule has 508 valence electrons. The van der Waals surface area contributed by atoms with Gasteiger partial charge in [-0.25, -0.2) is 0 Å². The standard InChI is InChI=1S/C82H122Cl2N4O4/c1-5-9-13-17-21-23-25-27-29-31-33-35-37-39-41-49-57-87-71-55-47-45-53-65(71)67-61-69(75(63-73(67)87)91-59-51-43-19-15-11-7-3)85-79-77(83)82(90)80(78(84)81(79)89)86-70-62-68-66-54-46-48-56-72(66)88(74(68)64-76(70)92-60-52-44-20-16-12-8-4)58-50-42-40-38-36-34-32-30-28-26-24-22-18-14-10-6-2/h45-48,53-56,61-64,85-86H,5-44,49-52,57-60H2,1-4H3. The third-order valence-electron chi connectivity index (χ3n) is 19.5. The second-order valence-electron chi connectivity index (χ2n) is 27.2. The maximum absolute atomic E-state index is 14.8. The fraction of sp³-hybridized carbons (Fsp3) is 0.634. The van der Waals surface area contributed by atoms with Gasteiger partial charge >= 0.3 is 0 Å². The molecule has 0 saturated carbocycles. The zero-order valence-electron chi connectivity index (χ0n) is 58.2. The quantitative estimate of drug-likeness (QED) is 0.0292. The summed E-state index contributed by atoms with van der Waals surface area (Å²) in [6.07, 6.45) is 56.4. The van der Waals surface area contributed by atoms with Crippen LogP contribution in [0.25, 0.3) is 43.6 Å². The van der Waals surface area contributed by atoms with Crippen molar-refractivity contribution in [1.29, 1.82) is 0 Å². The Hall–Kier alpha value is -4.92. The van der Waals surface area contributed by atoms with Crippen molar-refractivity contribution < 1.29 is 19.1 Å². The number of anilines is 2. The summed E-state index contributed by atoms with van der Waals surface area (Å²) in [6, 6.07) is 25.5. The van der Waals surface area contributed by atoms with E-state index in [1.54, 1.807) is 0 Å². The normalized spacial score (nSPS) is 13.0. The Labute approximate surface area is 567 Å². The number of para-hydroxylation sites is 2. The molecule has 7 rings (SSSR count). The number of allylic oxidation sites excluding steroid dienone is 2. The minimum Gasteiger partial charge on any atom is -0.491 e. The third kappa shape index (κ3) is 23.8. The number of Topliss-reactive ketones (excluding diaryl/α,β-unsaturated/α-hetero) is 2. The number of rotatable bonds is 54. The molecule has 0 unspecified atom stereocenters. The van der Waals surface area contributed by atoms with Crippen molar-refractivity contribution >= 4 is 89.8 Å². The van der Waals surface area contributed by atoms with Crippen LogP contribution in [0.5, 0.6) is 11.5 Å². The number of halogens is 2. The van der Waals surface area contributed by atoms with Gasteiger partial charge in [0.15, 0.2) is 0 Å². The summed E-state index contributed by atoms with van der Waals surface area (Å²) in [6.45, 7) is 11.9. The summed E-state index contributed by atoms with van der Waals surface area (Å²) >= 11 is 14.3. The first-order valence-electron chi connectivity index (χ1n) is 38.1. The van der Waals surface area contributed by atoms with E-state index >= 15 is 0 Å². The van der Waals surface area contributed by atoms with E-state index in [1.807, 2.05) is 0 Å². The van der Waals surface area contributed by atoms with E-state index in [1.165, 1.54) is 255 Å². The van der Waals surface area contributed by atoms with Gasteiger partial charge in [0.05, 0.1) is 35.6 Å². The number of fused-ring (bicyclic) bond motifs is 6. The number of aryl methyl sites for hydroxylation is 2. The smallest absolute Gasteiger partial charge is 0.224 e. The van der Waals surface area contributed by atoms with Crippen LogP contribution >= 0.6 is 23.2 Å². The minimum atomic E-state index is -0.572. The Morgan fingerprint density at radius 3 is 0.870 bits per heavy atom. The molecule has 0 aliphatic heterocycles. The molecule has 10 heteroatoms. The number of ketones is 2. The second-order valence-corrected chi connectivity index (χ2v) is 27.9. The molecule has 2 heterocycles. The Morgan fingerprint density at radius 1 is 0.315 bits per heavy atom. The lowest BCUT2D eigenvalue weighted by atomic mass is 10.0. The van der Waals surface area contributed by atoms with Crippen LogP contribution in [0.2, 0.25) is 0 Å². The number of carbonyl (C=O) groups is 2. The van der Waals surface area contributed by atoms with Crippen LogP contribution in [-0.2, 0) is 22.7 Å². The van der Waals surface area contributed by atoms with Gasteiger partial charge in [-0.3, -0.25) is 9.59 Å². The maximum Gasteiger partial charge on any atom is 0.224 e. The van der Waals surface area contributed by atoms with Crippen LogP contribution in [0.1, 0.15) is 310 Å². The largest absolute Gasteiger partial charge is 0.491 e. The number of aromatic nitrogens is 2. The van der Waals surface area contributed by atoms with Crippen LogP contribution in [0, 0.1) is 0 Å². The fourth-order valence-corrected chi connectivity index (χ4v) is 14.4. The van der Waals surface area contributed by atoms with Crippen molar-refractivity contribution in [2.75, 3.05) is 23.8 Å². The molecule has 1 aliphatic rings. The minimum absolute atomic E-state index is 0.0694. The summed E-state index contributed by atoms with van der Waals surface area (Å²) < 4.78 is 18.3. The highest BCUT2D eigenvalue weighted by Gasteiger charge is 2.35. The number of hydrogen-bond acceptors (Lipinski definition) is 6. The van der Waals surface area contributed by atoms with E-state index < -0.39 is 11.6 Å². The Morgan fingerprint density at radius 2 is 0.576 bits per heavy atom. The van der Waals surface area contributed by atoms with Gasteiger partial charge in [-0.15, -0.1) is 0 Å². The van der Waals surface area contributed by atoms with Crippen molar-refractivity contribution in [3.05, 3.63) is 94.3 Å². The number of ether oxygens (including phenoxy) is 2. The lowest BCUT2D eigenvalue weighted by Crippen LogP contribution is -2.27. The molecule has 0 atom stereocenters. The van der Waals surface area contributed by atoms with Crippen LogP contribution in [0.3, 0.4) is 0 Å². The number of nitrogens with one attached hydrogen (secondary N) is 2. The van der Waals surface area contributed by atoms with Crippen molar-refractivity contribution in [2.24, 2.45) is 0 Å². The summed E-state index contributed by atoms with van der Waals surface area (Å²) in [5, 5.41) is 10.6. The molecule has 4 aromatic carbocycles. The van der Waals surface area contributed by atoms with Gasteiger partial charge in [0.2, 0.25) is 11.6 Å². The molecule has 0 fully saturated rings. The molecule has 0 bridgehead atoms. The Balaban J connectivity index is 1.04. The molecular formula is C82H122Cl2N4O4. The monoisotopic (exact) mass is 1300 g/mol. The van der Waals surface area contributed by atoms with Crippen LogP contribution in [0.4, 0.5) is 11.4 Å². The summed E-state index contributed by atoms with van der Waals surface area (Å²) in [5.41, 5.74) is 5.49. The zero-order chi connectivity index (χ0) is 64.8. The topological polar surface area (TPSA) is 86.5 Å². The SMILES string of the molecule is CCCCCCCCCCCCCCCCCCn1c2ccccc2c2cc(NC3=C(Cl)C(=O)C(Nc4cc5c6ccccc6n(CCCCCCCCCCCCCCCCCC)c5cc4OCCCCCCCC)=C(Cl)C3=O)c(OCCCCCCCC)cc21. The number of nitrogens with zero attached hydrogens (tertiary/aromatic N) is 2. The lowest BCUT2D eigenvalue weighted by Gasteiger charge is -2.22. The van der Waals surface area contributed by atoms with Crippen LogP contribution in [0.15, 0.2) is 94.3 Å². The molecule has 1 aliphatic carbocycles. The lowest BCUT2D eigenvalue weighted by molar-refractivity contribution is -0.115. The van der Waals surface area contributed by atoms with E-state index in [2.05, 4.69) is 120 Å². The third-order valence-corrected chi connectivity index (χ3v) is 20.3. The molecular weight excluding hydrogens is 1180 g/mol. The average Bonchev–Trinajstić information content (AvgIpc) is 1.55. The highest BCUT2D eigenvalue weighted by Crippen LogP contribution is 2.42. The number of benzene rings is 4. The van der Waals surface area contributed by atoms with Gasteiger partial charge in [-0.2, -0.15) is 0 Å². The van der Waals surface area contributed by atoms with E-state index in [0.29, 0.717) is 36.1 Å². The van der Waals surface area contributed by atoms with Crippen LogP contribution < -0.4 is 20.1 Å². The first kappa shape index (κ1) is 74.5. The van der Waals surface area contributed by atoms with E-state index in [9.17, 15) is 9.59 Å². The predicted octanol–water partition coefficient (Wildman–Crippen LogP) is 26.5. The van der Waals surface area contributed by atoms with Gasteiger partial charge in [-0.05, 0) is 49.9 Å². The molecule has 6 aromatic rings. The predicted molar refractivity (Wildman–Crippen MR) is 399 cm³/mol. The average molecular weight is 1300 g/mol. The first-order valence-corrected chi connectivity index (χ1v) is 38.8. The van der Waals surface area contributed by atoms with E-state index in [4.69, 9.17) is 32.7 Å². The molecule has 0 radical (unpaired) electrons. The molecule has 92 heavy (non-hydrogen) atoms. The van der Waals surface area contributed by atoms with Crippen LogP contribution in [-0.4, -0.2) is 33.9 Å². The highest BCUT2D eigenvalue weighted by atomic mass is 35.5. The number of unbranched alkanes of at least 4 members (excludes halogenated alkanes) is 40. The fourth-order valence-electron chi connectivity index (χ4n) is 14.0. The maximum atomic E-state index is 14.8. The summed E-state index contributed by atoms with van der Waals surface area (Å²) in [4.78, 5) is 29.6. The number of carbonyl (C=O) groups excluding carboxylic acids is 2. The molecule has 2 aromatic heterocycles. The number of hydrogen-bond donors (Lipinski definition) is 2. The van der Waals surface area contributed by atoms with E-state index in [-0.39, 0.29) is 21.5 Å². The van der Waals surface area contributed by atoms with Gasteiger partial charge in [0.25, 0.3) is 0 Å². The Kier molecular flexibility index (Phi) is 35.6. The zero-order valence-corrected chi connectivity index (χ0v) is 59.7. The Bertz CT molecular complexity index is 2960. The first-order chi connectivity index (χ1) is 45.3. The molecule has 0 saturated heterocycles. The van der Waals surface area contributed by atoms with Gasteiger partial charge in [0.1, 0.15) is 33.0 Å². The molecule has 8 nitrogen and oxygen atoms in total. The van der Waals surface area contributed by atoms with E-state index in [0.717, 1.165) is 84.2 Å². The van der Waals surface area contributed by atoms with Gasteiger partial charge in [-0.1, -0.05) is 344 Å². The second kappa shape index (κ2) is 43.9. The molecule has 2 N–H and O–H groups in total. The van der Waals surface area contributed by atoms with Gasteiger partial charge < -0.3 is 29.2 Å². The highest BCUT2D eigenvalue weighted by molar-refractivity contribution is 6.56. The van der Waals surface area contributed by atoms with Crippen molar-refractivity contribution in [2.45, 2.75) is 323 Å². The molecule has 0 amide bonds. The van der Waals surface area contributed by atoms with Gasteiger partial charge in [0, 0.05) is 57.8 Å². The van der Waals surface area contributed by atoms with Crippen molar-refractivity contribution in [1.82, 2.24) is 9.13 Å².